The van der Waals surface area contributed by atoms with Crippen LogP contribution >= 0.6 is 11.6 Å². The number of hydrogen-bond acceptors (Lipinski definition) is 5. The Hall–Kier alpha value is -2.60. The minimum Gasteiger partial charge on any atom is -0.494 e. The Morgan fingerprint density at radius 2 is 1.90 bits per heavy atom. The number of ether oxygens (including phenoxy) is 1. The number of hydrogen-bond donors (Lipinski definition) is 1. The summed E-state index contributed by atoms with van der Waals surface area (Å²) in [5, 5.41) is 12.5. The normalized spacial score (nSPS) is 10.6. The Kier molecular flexibility index (Phi) is 3.45. The van der Waals surface area contributed by atoms with Gasteiger partial charge in [0.05, 0.1) is 24.0 Å². The number of nitrogens with two attached hydrogens (primary N) is 1. The van der Waals surface area contributed by atoms with E-state index in [0.29, 0.717) is 22.3 Å². The minimum absolute atomic E-state index is 0.528. The molecule has 0 unspecified atom stereocenters. The highest BCUT2D eigenvalue weighted by molar-refractivity contribution is 6.30. The smallest absolute Gasteiger partial charge is 0.190 e. The molecule has 0 atom stereocenters. The first kappa shape index (κ1) is 13.4. The Balaban J connectivity index is 2.16. The van der Waals surface area contributed by atoms with E-state index in [1.165, 1.54) is 0 Å². The second kappa shape index (κ2) is 5.41. The molecule has 21 heavy (non-hydrogen) atoms. The number of rotatable bonds is 3. The van der Waals surface area contributed by atoms with Crippen molar-refractivity contribution in [2.45, 2.75) is 0 Å². The summed E-state index contributed by atoms with van der Waals surface area (Å²) in [6.07, 6.45) is 0. The predicted molar refractivity (Wildman–Crippen MR) is 80.6 cm³/mol. The molecule has 0 fully saturated rings. The number of para-hydroxylation sites is 1. The molecule has 2 N–H and O–H groups in total. The number of tetrazole rings is 1. The fourth-order valence-corrected chi connectivity index (χ4v) is 2.20. The summed E-state index contributed by atoms with van der Waals surface area (Å²) in [5.74, 6) is 1.09. The number of halogens is 1. The quantitative estimate of drug-likeness (QED) is 0.752. The van der Waals surface area contributed by atoms with Crippen molar-refractivity contribution in [3.8, 4) is 22.8 Å². The van der Waals surface area contributed by atoms with Gasteiger partial charge in [0, 0.05) is 5.02 Å². The van der Waals surface area contributed by atoms with Crippen LogP contribution in [0.25, 0.3) is 17.1 Å². The molecule has 0 saturated carbocycles. The summed E-state index contributed by atoms with van der Waals surface area (Å²) in [4.78, 5) is 0. The fraction of sp³-hybridized carbons (Fsp3) is 0.0714. The molecule has 106 valence electrons. The lowest BCUT2D eigenvalue weighted by Gasteiger charge is -2.10. The number of nitrogen functional groups attached to an aromatic ring is 1. The summed E-state index contributed by atoms with van der Waals surface area (Å²) in [6, 6.07) is 12.7. The third kappa shape index (κ3) is 2.41. The molecule has 1 heterocycles. The van der Waals surface area contributed by atoms with Crippen LogP contribution in [-0.2, 0) is 0 Å². The Labute approximate surface area is 126 Å². The number of nitrogens with zero attached hydrogens (tertiary/aromatic N) is 4. The van der Waals surface area contributed by atoms with Crippen LogP contribution in [0, 0.1) is 0 Å². The Morgan fingerprint density at radius 1 is 1.14 bits per heavy atom. The summed E-state index contributed by atoms with van der Waals surface area (Å²) in [5.41, 5.74) is 7.97. The van der Waals surface area contributed by atoms with Crippen molar-refractivity contribution in [1.29, 1.82) is 0 Å². The molecule has 0 bridgehead atoms. The molecule has 0 saturated heterocycles. The van der Waals surface area contributed by atoms with Gasteiger partial charge in [0.25, 0.3) is 0 Å². The van der Waals surface area contributed by atoms with E-state index in [1.807, 2.05) is 24.3 Å². The van der Waals surface area contributed by atoms with Crippen molar-refractivity contribution >= 4 is 17.3 Å². The summed E-state index contributed by atoms with van der Waals surface area (Å²) < 4.78 is 6.96. The van der Waals surface area contributed by atoms with Gasteiger partial charge in [-0.15, -0.1) is 5.10 Å². The zero-order valence-corrected chi connectivity index (χ0v) is 11.9. The zero-order chi connectivity index (χ0) is 14.8. The first-order valence-corrected chi connectivity index (χ1v) is 6.55. The molecular weight excluding hydrogens is 290 g/mol. The second-order valence-corrected chi connectivity index (χ2v) is 4.76. The lowest BCUT2D eigenvalue weighted by Crippen LogP contribution is -2.02. The molecule has 3 rings (SSSR count). The largest absolute Gasteiger partial charge is 0.494 e. The number of anilines is 1. The SMILES string of the molecule is COc1c(N)cccc1-c1nnnn1-c1ccc(Cl)cc1. The van der Waals surface area contributed by atoms with Crippen LogP contribution in [0.4, 0.5) is 5.69 Å². The molecule has 3 aromatic rings. The molecule has 0 spiro atoms. The molecular formula is C14H12ClN5O. The summed E-state index contributed by atoms with van der Waals surface area (Å²) in [6.45, 7) is 0. The molecule has 0 aliphatic carbocycles. The van der Waals surface area contributed by atoms with Gasteiger partial charge in [0.15, 0.2) is 11.6 Å². The third-order valence-electron chi connectivity index (χ3n) is 3.03. The summed E-state index contributed by atoms with van der Waals surface area (Å²) >= 11 is 5.90. The van der Waals surface area contributed by atoms with E-state index in [9.17, 15) is 0 Å². The van der Waals surface area contributed by atoms with Gasteiger partial charge in [0.1, 0.15) is 0 Å². The lowest BCUT2D eigenvalue weighted by atomic mass is 10.1. The van der Waals surface area contributed by atoms with E-state index in [0.717, 1.165) is 11.3 Å². The zero-order valence-electron chi connectivity index (χ0n) is 11.2. The van der Waals surface area contributed by atoms with Crippen LogP contribution in [0.5, 0.6) is 5.75 Å². The predicted octanol–water partition coefficient (Wildman–Crippen LogP) is 2.57. The number of benzene rings is 2. The van der Waals surface area contributed by atoms with E-state index < -0.39 is 0 Å². The van der Waals surface area contributed by atoms with Crippen molar-refractivity contribution in [3.63, 3.8) is 0 Å². The van der Waals surface area contributed by atoms with Crippen LogP contribution in [0.15, 0.2) is 42.5 Å². The maximum absolute atomic E-state index is 5.93. The van der Waals surface area contributed by atoms with Crippen molar-refractivity contribution in [2.75, 3.05) is 12.8 Å². The van der Waals surface area contributed by atoms with E-state index in [2.05, 4.69) is 15.5 Å². The average Bonchev–Trinajstić information content (AvgIpc) is 2.97. The van der Waals surface area contributed by atoms with Crippen LogP contribution in [0.1, 0.15) is 0 Å². The van der Waals surface area contributed by atoms with Gasteiger partial charge in [-0.2, -0.15) is 4.68 Å². The standard InChI is InChI=1S/C14H12ClN5O/c1-21-13-11(3-2-4-12(13)16)14-17-18-19-20(14)10-7-5-9(15)6-8-10/h2-8H,16H2,1H3. The van der Waals surface area contributed by atoms with Gasteiger partial charge in [-0.3, -0.25) is 0 Å². The number of methoxy groups -OCH3 is 1. The average molecular weight is 302 g/mol. The van der Waals surface area contributed by atoms with Gasteiger partial charge < -0.3 is 10.5 Å². The monoisotopic (exact) mass is 301 g/mol. The van der Waals surface area contributed by atoms with E-state index in [1.54, 1.807) is 30.0 Å². The van der Waals surface area contributed by atoms with Crippen LogP contribution in [-0.4, -0.2) is 27.3 Å². The highest BCUT2D eigenvalue weighted by atomic mass is 35.5. The first-order chi connectivity index (χ1) is 10.2. The van der Waals surface area contributed by atoms with E-state index >= 15 is 0 Å². The first-order valence-electron chi connectivity index (χ1n) is 6.18. The van der Waals surface area contributed by atoms with Crippen LogP contribution in [0.2, 0.25) is 5.02 Å². The molecule has 1 aromatic heterocycles. The maximum Gasteiger partial charge on any atom is 0.190 e. The van der Waals surface area contributed by atoms with Gasteiger partial charge in [-0.25, -0.2) is 0 Å². The Morgan fingerprint density at radius 3 is 2.62 bits per heavy atom. The highest BCUT2D eigenvalue weighted by Gasteiger charge is 2.16. The fourth-order valence-electron chi connectivity index (χ4n) is 2.07. The highest BCUT2D eigenvalue weighted by Crippen LogP contribution is 2.34. The molecule has 0 aliphatic heterocycles. The lowest BCUT2D eigenvalue weighted by molar-refractivity contribution is 0.418. The van der Waals surface area contributed by atoms with Gasteiger partial charge in [-0.1, -0.05) is 17.7 Å². The van der Waals surface area contributed by atoms with Crippen molar-refractivity contribution in [3.05, 3.63) is 47.5 Å². The minimum atomic E-state index is 0.528. The van der Waals surface area contributed by atoms with Crippen LogP contribution < -0.4 is 10.5 Å². The van der Waals surface area contributed by atoms with Crippen molar-refractivity contribution in [2.24, 2.45) is 0 Å². The Bertz CT molecular complexity index is 769. The van der Waals surface area contributed by atoms with Gasteiger partial charge in [0.2, 0.25) is 0 Å². The summed E-state index contributed by atoms with van der Waals surface area (Å²) in [7, 11) is 1.56. The van der Waals surface area contributed by atoms with Crippen molar-refractivity contribution in [1.82, 2.24) is 20.2 Å². The molecule has 6 nitrogen and oxygen atoms in total. The second-order valence-electron chi connectivity index (χ2n) is 4.32. The topological polar surface area (TPSA) is 78.8 Å². The number of aromatic nitrogens is 4. The third-order valence-corrected chi connectivity index (χ3v) is 3.28. The van der Waals surface area contributed by atoms with Gasteiger partial charge in [-0.05, 0) is 46.8 Å². The molecule has 0 radical (unpaired) electrons. The maximum atomic E-state index is 5.93. The van der Waals surface area contributed by atoms with Crippen molar-refractivity contribution < 1.29 is 4.74 Å². The molecule has 7 heteroatoms. The molecule has 0 aliphatic rings. The molecule has 0 amide bonds. The van der Waals surface area contributed by atoms with E-state index in [4.69, 9.17) is 22.1 Å². The van der Waals surface area contributed by atoms with E-state index in [-0.39, 0.29) is 0 Å². The van der Waals surface area contributed by atoms with Gasteiger partial charge >= 0.3 is 0 Å². The van der Waals surface area contributed by atoms with Crippen LogP contribution in [0.3, 0.4) is 0 Å². The molecule has 2 aromatic carbocycles.